The first-order valence-corrected chi connectivity index (χ1v) is 9.78. The van der Waals surface area contributed by atoms with Crippen molar-refractivity contribution in [2.75, 3.05) is 13.7 Å². The zero-order chi connectivity index (χ0) is 21.6. The smallest absolute Gasteiger partial charge is 0.336 e. The van der Waals surface area contributed by atoms with E-state index in [1.165, 1.54) is 6.07 Å². The molecule has 6 heteroatoms. The van der Waals surface area contributed by atoms with Crippen molar-refractivity contribution >= 4 is 16.9 Å². The van der Waals surface area contributed by atoms with Gasteiger partial charge < -0.3 is 19.2 Å². The highest BCUT2D eigenvalue weighted by atomic mass is 16.5. The van der Waals surface area contributed by atoms with Gasteiger partial charge in [0, 0.05) is 24.1 Å². The van der Waals surface area contributed by atoms with Gasteiger partial charge in [-0.2, -0.15) is 0 Å². The maximum absolute atomic E-state index is 12.1. The van der Waals surface area contributed by atoms with E-state index in [9.17, 15) is 9.59 Å². The lowest BCUT2D eigenvalue weighted by molar-refractivity contribution is -0.123. The van der Waals surface area contributed by atoms with Crippen LogP contribution in [0.25, 0.3) is 22.1 Å². The second kappa shape index (κ2) is 9.17. The summed E-state index contributed by atoms with van der Waals surface area (Å²) in [7, 11) is 1.61. The van der Waals surface area contributed by atoms with E-state index in [0.717, 1.165) is 27.8 Å². The molecule has 0 radical (unpaired) electrons. The number of rotatable bonds is 7. The van der Waals surface area contributed by atoms with Crippen LogP contribution in [0.2, 0.25) is 0 Å². The average molecular weight is 415 g/mol. The van der Waals surface area contributed by atoms with E-state index in [2.05, 4.69) is 5.32 Å². The topological polar surface area (TPSA) is 77.8 Å². The number of methoxy groups -OCH3 is 1. The molecule has 0 bridgehead atoms. The SMILES string of the molecule is COc1ccc(CNC(=O)COc2ccc3c(-c4ccccc4)cc(=O)oc3c2)cc1. The maximum atomic E-state index is 12.1. The summed E-state index contributed by atoms with van der Waals surface area (Å²) in [6.45, 7) is 0.240. The van der Waals surface area contributed by atoms with Gasteiger partial charge in [0.2, 0.25) is 0 Å². The predicted octanol–water partition coefficient (Wildman–Crippen LogP) is 4.16. The van der Waals surface area contributed by atoms with Gasteiger partial charge >= 0.3 is 5.63 Å². The van der Waals surface area contributed by atoms with Crippen LogP contribution in [0, 0.1) is 0 Å². The van der Waals surface area contributed by atoms with Gasteiger partial charge in [0.05, 0.1) is 7.11 Å². The van der Waals surface area contributed by atoms with Crippen LogP contribution in [0.4, 0.5) is 0 Å². The molecule has 0 saturated heterocycles. The van der Waals surface area contributed by atoms with Crippen LogP contribution in [-0.2, 0) is 11.3 Å². The lowest BCUT2D eigenvalue weighted by Gasteiger charge is -2.10. The number of hydrogen-bond acceptors (Lipinski definition) is 5. The molecule has 0 fully saturated rings. The standard InChI is InChI=1S/C25H21NO5/c1-29-19-9-7-17(8-10-19)15-26-24(27)16-30-20-11-12-21-22(18-5-3-2-4-6-18)14-25(28)31-23(21)13-20/h2-14H,15-16H2,1H3,(H,26,27). The Hall–Kier alpha value is -4.06. The molecular formula is C25H21NO5. The number of ether oxygens (including phenoxy) is 2. The Labute approximate surface area is 179 Å². The Morgan fingerprint density at radius 2 is 1.68 bits per heavy atom. The molecule has 31 heavy (non-hydrogen) atoms. The van der Waals surface area contributed by atoms with Crippen molar-refractivity contribution in [1.82, 2.24) is 5.32 Å². The molecule has 1 aromatic heterocycles. The number of hydrogen-bond donors (Lipinski definition) is 1. The third kappa shape index (κ3) is 4.93. The zero-order valence-electron chi connectivity index (χ0n) is 17.0. The van der Waals surface area contributed by atoms with Gasteiger partial charge in [-0.15, -0.1) is 0 Å². The fourth-order valence-electron chi connectivity index (χ4n) is 3.23. The molecule has 1 amide bonds. The monoisotopic (exact) mass is 415 g/mol. The fourth-order valence-corrected chi connectivity index (χ4v) is 3.23. The van der Waals surface area contributed by atoms with Gasteiger partial charge in [-0.05, 0) is 41.0 Å². The van der Waals surface area contributed by atoms with E-state index in [1.807, 2.05) is 60.7 Å². The summed E-state index contributed by atoms with van der Waals surface area (Å²) < 4.78 is 16.1. The minimum atomic E-state index is -0.444. The highest BCUT2D eigenvalue weighted by Crippen LogP contribution is 2.29. The second-order valence-electron chi connectivity index (χ2n) is 6.92. The van der Waals surface area contributed by atoms with Crippen molar-refractivity contribution in [3.63, 3.8) is 0 Å². The number of nitrogens with one attached hydrogen (secondary N) is 1. The Morgan fingerprint density at radius 1 is 0.935 bits per heavy atom. The van der Waals surface area contributed by atoms with Gasteiger partial charge in [0.25, 0.3) is 5.91 Å². The van der Waals surface area contributed by atoms with Crippen LogP contribution in [0.1, 0.15) is 5.56 Å². The fraction of sp³-hybridized carbons (Fsp3) is 0.120. The molecule has 0 saturated carbocycles. The van der Waals surface area contributed by atoms with Gasteiger partial charge in [0.15, 0.2) is 6.61 Å². The summed E-state index contributed by atoms with van der Waals surface area (Å²) in [5.41, 5.74) is 2.63. The molecule has 0 aliphatic rings. The van der Waals surface area contributed by atoms with Crippen molar-refractivity contribution in [3.05, 3.63) is 94.8 Å². The molecule has 0 spiro atoms. The molecule has 3 aromatic carbocycles. The first-order valence-electron chi connectivity index (χ1n) is 9.78. The van der Waals surface area contributed by atoms with Gasteiger partial charge in [0.1, 0.15) is 17.1 Å². The van der Waals surface area contributed by atoms with E-state index in [1.54, 1.807) is 19.2 Å². The van der Waals surface area contributed by atoms with E-state index in [0.29, 0.717) is 17.9 Å². The molecule has 0 aliphatic carbocycles. The largest absolute Gasteiger partial charge is 0.497 e. The molecule has 4 rings (SSSR count). The van der Waals surface area contributed by atoms with Crippen molar-refractivity contribution in [1.29, 1.82) is 0 Å². The summed E-state index contributed by atoms with van der Waals surface area (Å²) in [4.78, 5) is 24.2. The lowest BCUT2D eigenvalue weighted by Crippen LogP contribution is -2.28. The van der Waals surface area contributed by atoms with Crippen molar-refractivity contribution in [3.8, 4) is 22.6 Å². The molecule has 4 aromatic rings. The zero-order valence-corrected chi connectivity index (χ0v) is 17.0. The highest BCUT2D eigenvalue weighted by Gasteiger charge is 2.10. The molecule has 0 aliphatic heterocycles. The Morgan fingerprint density at radius 3 is 2.42 bits per heavy atom. The average Bonchev–Trinajstić information content (AvgIpc) is 2.81. The molecule has 6 nitrogen and oxygen atoms in total. The summed E-state index contributed by atoms with van der Waals surface area (Å²) >= 11 is 0. The number of amides is 1. The molecule has 0 atom stereocenters. The van der Waals surface area contributed by atoms with Gasteiger partial charge in [-0.3, -0.25) is 4.79 Å². The van der Waals surface area contributed by atoms with Gasteiger partial charge in [-0.25, -0.2) is 4.79 Å². The third-order valence-electron chi connectivity index (χ3n) is 4.82. The normalized spacial score (nSPS) is 10.6. The molecule has 1 N–H and O–H groups in total. The van der Waals surface area contributed by atoms with Crippen molar-refractivity contribution in [2.24, 2.45) is 0 Å². The molecule has 1 heterocycles. The van der Waals surface area contributed by atoms with Crippen LogP contribution in [0.15, 0.2) is 88.1 Å². The summed E-state index contributed by atoms with van der Waals surface area (Å²) in [5.74, 6) is 0.952. The quantitative estimate of drug-likeness (QED) is 0.459. The minimum absolute atomic E-state index is 0.149. The second-order valence-corrected chi connectivity index (χ2v) is 6.92. The van der Waals surface area contributed by atoms with Crippen LogP contribution in [0.5, 0.6) is 11.5 Å². The summed E-state index contributed by atoms with van der Waals surface area (Å²) in [5, 5.41) is 3.60. The third-order valence-corrected chi connectivity index (χ3v) is 4.82. The Balaban J connectivity index is 1.43. The maximum Gasteiger partial charge on any atom is 0.336 e. The van der Waals surface area contributed by atoms with E-state index in [4.69, 9.17) is 13.9 Å². The lowest BCUT2D eigenvalue weighted by atomic mass is 10.0. The number of carbonyl (C=O) groups excluding carboxylic acids is 1. The number of fused-ring (bicyclic) bond motifs is 1. The van der Waals surface area contributed by atoms with Crippen LogP contribution < -0.4 is 20.4 Å². The number of carbonyl (C=O) groups is 1. The van der Waals surface area contributed by atoms with Gasteiger partial charge in [-0.1, -0.05) is 42.5 Å². The van der Waals surface area contributed by atoms with E-state index >= 15 is 0 Å². The summed E-state index contributed by atoms with van der Waals surface area (Å²) in [6, 6.07) is 23.7. The highest BCUT2D eigenvalue weighted by molar-refractivity contribution is 5.93. The van der Waals surface area contributed by atoms with Crippen LogP contribution >= 0.6 is 0 Å². The van der Waals surface area contributed by atoms with Crippen molar-refractivity contribution in [2.45, 2.75) is 6.54 Å². The molecule has 0 unspecified atom stereocenters. The van der Waals surface area contributed by atoms with E-state index < -0.39 is 5.63 Å². The Kier molecular flexibility index (Phi) is 5.98. The molecular weight excluding hydrogens is 394 g/mol. The minimum Gasteiger partial charge on any atom is -0.497 e. The van der Waals surface area contributed by atoms with Crippen LogP contribution in [0.3, 0.4) is 0 Å². The van der Waals surface area contributed by atoms with E-state index in [-0.39, 0.29) is 12.5 Å². The molecule has 156 valence electrons. The number of benzene rings is 3. The predicted molar refractivity (Wildman–Crippen MR) is 118 cm³/mol. The van der Waals surface area contributed by atoms with Crippen LogP contribution in [-0.4, -0.2) is 19.6 Å². The first kappa shape index (κ1) is 20.2. The first-order chi connectivity index (χ1) is 15.1. The Bertz CT molecular complexity index is 1250. The summed E-state index contributed by atoms with van der Waals surface area (Å²) in [6.07, 6.45) is 0. The van der Waals surface area contributed by atoms with Crippen molar-refractivity contribution < 1.29 is 18.7 Å².